The number of hydrogen-bond donors (Lipinski definition) is 1. The molecule has 2 bridgehead atoms. The molecule has 4 nitrogen and oxygen atoms in total. The van der Waals surface area contributed by atoms with Gasteiger partial charge in [0.25, 0.3) is 5.91 Å². The van der Waals surface area contributed by atoms with Crippen molar-refractivity contribution in [1.29, 1.82) is 0 Å². The quantitative estimate of drug-likeness (QED) is 0.808. The standard InChI is InChI=1S/C13H15NO3/c15-13(11-8-10-6-7-12(11)16-10)14-17-9-4-2-1-3-5-9/h1-5,10-12H,6-8H2,(H,14,15)/t10-,11+,12+/m0/s1. The van der Waals surface area contributed by atoms with Crippen molar-refractivity contribution in [3.63, 3.8) is 0 Å². The molecule has 3 atom stereocenters. The molecule has 2 fully saturated rings. The van der Waals surface area contributed by atoms with E-state index in [1.165, 1.54) is 0 Å². The fourth-order valence-corrected chi connectivity index (χ4v) is 2.59. The topological polar surface area (TPSA) is 47.6 Å². The van der Waals surface area contributed by atoms with E-state index in [2.05, 4.69) is 5.48 Å². The zero-order valence-electron chi connectivity index (χ0n) is 9.46. The van der Waals surface area contributed by atoms with Gasteiger partial charge in [-0.3, -0.25) is 4.79 Å². The lowest BCUT2D eigenvalue weighted by Gasteiger charge is -2.17. The zero-order valence-corrected chi connectivity index (χ0v) is 9.46. The molecular formula is C13H15NO3. The van der Waals surface area contributed by atoms with Gasteiger partial charge in [-0.1, -0.05) is 18.2 Å². The van der Waals surface area contributed by atoms with Gasteiger partial charge in [0.15, 0.2) is 5.75 Å². The first-order valence-corrected chi connectivity index (χ1v) is 6.00. The molecule has 1 aromatic carbocycles. The highest BCUT2D eigenvalue weighted by Crippen LogP contribution is 2.38. The number of carbonyl (C=O) groups is 1. The lowest BCUT2D eigenvalue weighted by atomic mass is 9.89. The van der Waals surface area contributed by atoms with Crippen molar-refractivity contribution in [2.24, 2.45) is 5.92 Å². The summed E-state index contributed by atoms with van der Waals surface area (Å²) in [4.78, 5) is 17.1. The molecule has 3 rings (SSSR count). The second-order valence-electron chi connectivity index (χ2n) is 4.60. The van der Waals surface area contributed by atoms with Crippen molar-refractivity contribution in [2.45, 2.75) is 31.5 Å². The van der Waals surface area contributed by atoms with E-state index in [0.717, 1.165) is 19.3 Å². The summed E-state index contributed by atoms with van der Waals surface area (Å²) >= 11 is 0. The van der Waals surface area contributed by atoms with E-state index in [-0.39, 0.29) is 24.0 Å². The molecule has 1 aromatic rings. The van der Waals surface area contributed by atoms with Gasteiger partial charge in [0, 0.05) is 0 Å². The van der Waals surface area contributed by atoms with Crippen LogP contribution in [0.5, 0.6) is 5.75 Å². The van der Waals surface area contributed by atoms with Gasteiger partial charge in [0.1, 0.15) is 0 Å². The summed E-state index contributed by atoms with van der Waals surface area (Å²) in [5.74, 6) is 0.531. The molecule has 0 aliphatic carbocycles. The maximum absolute atomic E-state index is 11.9. The van der Waals surface area contributed by atoms with Gasteiger partial charge in [0.05, 0.1) is 18.1 Å². The molecule has 17 heavy (non-hydrogen) atoms. The molecule has 2 aliphatic heterocycles. The Morgan fingerprint density at radius 2 is 2.12 bits per heavy atom. The van der Waals surface area contributed by atoms with E-state index in [0.29, 0.717) is 5.75 Å². The summed E-state index contributed by atoms with van der Waals surface area (Å²) in [6.45, 7) is 0. The van der Waals surface area contributed by atoms with Crippen LogP contribution in [0.1, 0.15) is 19.3 Å². The normalized spacial score (nSPS) is 30.2. The van der Waals surface area contributed by atoms with E-state index < -0.39 is 0 Å². The highest BCUT2D eigenvalue weighted by Gasteiger charge is 2.44. The smallest absolute Gasteiger partial charge is 0.258 e. The van der Waals surface area contributed by atoms with E-state index in [9.17, 15) is 4.79 Å². The van der Waals surface area contributed by atoms with Gasteiger partial charge < -0.3 is 9.57 Å². The van der Waals surface area contributed by atoms with Crippen molar-refractivity contribution in [1.82, 2.24) is 5.48 Å². The van der Waals surface area contributed by atoms with Gasteiger partial charge in [-0.25, -0.2) is 0 Å². The number of ether oxygens (including phenoxy) is 1. The van der Waals surface area contributed by atoms with Crippen LogP contribution in [0.15, 0.2) is 30.3 Å². The maximum atomic E-state index is 11.9. The van der Waals surface area contributed by atoms with Crippen molar-refractivity contribution < 1.29 is 14.4 Å². The summed E-state index contributed by atoms with van der Waals surface area (Å²) in [5, 5.41) is 0. The second-order valence-corrected chi connectivity index (χ2v) is 4.60. The van der Waals surface area contributed by atoms with Gasteiger partial charge in [-0.15, -0.1) is 0 Å². The Labute approximate surface area is 99.9 Å². The molecule has 0 unspecified atom stereocenters. The number of amides is 1. The molecular weight excluding hydrogens is 218 g/mol. The third kappa shape index (κ3) is 2.13. The third-order valence-electron chi connectivity index (χ3n) is 3.46. The number of hydroxylamine groups is 1. The van der Waals surface area contributed by atoms with Gasteiger partial charge in [-0.2, -0.15) is 5.48 Å². The maximum Gasteiger partial charge on any atom is 0.258 e. The molecule has 0 spiro atoms. The first kappa shape index (κ1) is 10.6. The van der Waals surface area contributed by atoms with Crippen LogP contribution in [0.4, 0.5) is 0 Å². The van der Waals surface area contributed by atoms with Crippen molar-refractivity contribution in [3.05, 3.63) is 30.3 Å². The summed E-state index contributed by atoms with van der Waals surface area (Å²) in [5.41, 5.74) is 2.51. The van der Waals surface area contributed by atoms with Crippen LogP contribution in [-0.4, -0.2) is 18.1 Å². The van der Waals surface area contributed by atoms with E-state index >= 15 is 0 Å². The van der Waals surface area contributed by atoms with Gasteiger partial charge in [-0.05, 0) is 31.4 Å². The SMILES string of the molecule is O=C(NOc1ccccc1)[C@@H]1C[C@@H]2CC[C@H]1O2. The van der Waals surface area contributed by atoms with Crippen molar-refractivity contribution in [3.8, 4) is 5.75 Å². The van der Waals surface area contributed by atoms with Crippen LogP contribution in [0.25, 0.3) is 0 Å². The van der Waals surface area contributed by atoms with E-state index in [1.54, 1.807) is 12.1 Å². The predicted octanol–water partition coefficient (Wildman–Crippen LogP) is 1.66. The molecule has 0 radical (unpaired) electrons. The van der Waals surface area contributed by atoms with Crippen LogP contribution in [0.3, 0.4) is 0 Å². The minimum absolute atomic E-state index is 0.0440. The average molecular weight is 233 g/mol. The van der Waals surface area contributed by atoms with Crippen LogP contribution in [-0.2, 0) is 9.53 Å². The Hall–Kier alpha value is -1.55. The number of rotatable bonds is 3. The number of carbonyl (C=O) groups excluding carboxylic acids is 1. The molecule has 1 amide bonds. The summed E-state index contributed by atoms with van der Waals surface area (Å²) in [6, 6.07) is 9.23. The molecule has 2 saturated heterocycles. The molecule has 0 saturated carbocycles. The first-order valence-electron chi connectivity index (χ1n) is 6.00. The highest BCUT2D eigenvalue weighted by molar-refractivity contribution is 5.79. The Morgan fingerprint density at radius 3 is 2.76 bits per heavy atom. The van der Waals surface area contributed by atoms with E-state index in [1.807, 2.05) is 18.2 Å². The van der Waals surface area contributed by atoms with Crippen LogP contribution in [0.2, 0.25) is 0 Å². The summed E-state index contributed by atoms with van der Waals surface area (Å²) in [6.07, 6.45) is 3.29. The Morgan fingerprint density at radius 1 is 1.29 bits per heavy atom. The average Bonchev–Trinajstić information content (AvgIpc) is 2.99. The molecule has 1 N–H and O–H groups in total. The molecule has 2 aliphatic rings. The fraction of sp³-hybridized carbons (Fsp3) is 0.462. The lowest BCUT2D eigenvalue weighted by Crippen LogP contribution is -2.37. The lowest BCUT2D eigenvalue weighted by molar-refractivity contribution is -0.133. The van der Waals surface area contributed by atoms with E-state index in [4.69, 9.17) is 9.57 Å². The van der Waals surface area contributed by atoms with Crippen molar-refractivity contribution >= 4 is 5.91 Å². The van der Waals surface area contributed by atoms with Crippen LogP contribution < -0.4 is 10.3 Å². The minimum atomic E-state index is -0.0685. The van der Waals surface area contributed by atoms with Gasteiger partial charge in [0.2, 0.25) is 0 Å². The van der Waals surface area contributed by atoms with Crippen LogP contribution in [0, 0.1) is 5.92 Å². The molecule has 2 heterocycles. The molecule has 90 valence electrons. The summed E-state index contributed by atoms with van der Waals surface area (Å²) < 4.78 is 5.64. The monoisotopic (exact) mass is 233 g/mol. The van der Waals surface area contributed by atoms with Crippen LogP contribution >= 0.6 is 0 Å². The van der Waals surface area contributed by atoms with Crippen molar-refractivity contribution in [2.75, 3.05) is 0 Å². The molecule has 4 heteroatoms. The Kier molecular flexibility index (Phi) is 2.73. The summed E-state index contributed by atoms with van der Waals surface area (Å²) in [7, 11) is 0. The first-order chi connectivity index (χ1) is 8.33. The number of fused-ring (bicyclic) bond motifs is 2. The second kappa shape index (κ2) is 4.37. The largest absolute Gasteiger partial charge is 0.380 e. The Balaban J connectivity index is 1.54. The number of para-hydroxylation sites is 1. The zero-order chi connectivity index (χ0) is 11.7. The number of benzene rings is 1. The van der Waals surface area contributed by atoms with Gasteiger partial charge >= 0.3 is 0 Å². The number of hydrogen-bond acceptors (Lipinski definition) is 3. The Bertz CT molecular complexity index is 406. The molecule has 0 aromatic heterocycles. The predicted molar refractivity (Wildman–Crippen MR) is 61.2 cm³/mol. The fourth-order valence-electron chi connectivity index (χ4n) is 2.59. The third-order valence-corrected chi connectivity index (χ3v) is 3.46. The number of nitrogens with one attached hydrogen (secondary N) is 1. The minimum Gasteiger partial charge on any atom is -0.380 e. The highest BCUT2D eigenvalue weighted by atomic mass is 16.7.